The zero-order chi connectivity index (χ0) is 27.0. The van der Waals surface area contributed by atoms with Gasteiger partial charge in [-0.05, 0) is 67.2 Å². The molecular formula is C26H28Cl2F3N5O. The second-order valence-corrected chi connectivity index (χ2v) is 9.44. The highest BCUT2D eigenvalue weighted by Crippen LogP contribution is 2.25. The fourth-order valence-corrected chi connectivity index (χ4v) is 4.23. The summed E-state index contributed by atoms with van der Waals surface area (Å²) in [6.07, 6.45) is -2.47. The molecule has 2 aromatic rings. The summed E-state index contributed by atoms with van der Waals surface area (Å²) in [6, 6.07) is 12.5. The predicted molar refractivity (Wildman–Crippen MR) is 141 cm³/mol. The SMILES string of the molecule is N=C(c1ccc(Cl)cc1)N(CCC(F)(F)F)C(=O)NC/C(N)=C1\CCCCC1=NCc1ccccc1Cl. The summed E-state index contributed by atoms with van der Waals surface area (Å²) < 4.78 is 38.8. The Morgan fingerprint density at radius 3 is 2.43 bits per heavy atom. The van der Waals surface area contributed by atoms with Gasteiger partial charge in [0, 0.05) is 33.6 Å². The molecule has 0 unspecified atom stereocenters. The Labute approximate surface area is 223 Å². The van der Waals surface area contributed by atoms with Crippen LogP contribution in [0.5, 0.6) is 0 Å². The number of urea groups is 1. The molecule has 198 valence electrons. The first kappa shape index (κ1) is 28.5. The minimum Gasteiger partial charge on any atom is -0.400 e. The summed E-state index contributed by atoms with van der Waals surface area (Å²) in [4.78, 5) is 18.4. The maximum absolute atomic E-state index is 12.9. The normalized spacial score (nSPS) is 16.4. The van der Waals surface area contributed by atoms with Gasteiger partial charge in [-0.2, -0.15) is 13.2 Å². The van der Waals surface area contributed by atoms with E-state index in [1.807, 2.05) is 18.2 Å². The van der Waals surface area contributed by atoms with Gasteiger partial charge < -0.3 is 11.1 Å². The molecule has 0 atom stereocenters. The number of halogens is 5. The largest absolute Gasteiger partial charge is 0.400 e. The molecule has 0 aliphatic heterocycles. The molecule has 0 aromatic heterocycles. The number of hydrogen-bond donors (Lipinski definition) is 3. The lowest BCUT2D eigenvalue weighted by Gasteiger charge is -2.25. The van der Waals surface area contributed by atoms with Gasteiger partial charge in [0.2, 0.25) is 0 Å². The molecule has 6 nitrogen and oxygen atoms in total. The third-order valence-corrected chi connectivity index (χ3v) is 6.53. The van der Waals surface area contributed by atoms with Gasteiger partial charge in [-0.25, -0.2) is 4.79 Å². The summed E-state index contributed by atoms with van der Waals surface area (Å²) in [5, 5.41) is 11.9. The van der Waals surface area contributed by atoms with Gasteiger partial charge in [0.15, 0.2) is 0 Å². The average Bonchev–Trinajstić information content (AvgIpc) is 2.86. The van der Waals surface area contributed by atoms with E-state index in [0.717, 1.165) is 41.0 Å². The van der Waals surface area contributed by atoms with E-state index in [4.69, 9.17) is 39.3 Å². The number of alkyl halides is 3. The highest BCUT2D eigenvalue weighted by Gasteiger charge is 2.31. The molecule has 3 rings (SSSR count). The van der Waals surface area contributed by atoms with E-state index < -0.39 is 25.2 Å². The smallest absolute Gasteiger partial charge is 0.390 e. The number of carbonyl (C=O) groups is 1. The third-order valence-electron chi connectivity index (χ3n) is 5.91. The first-order valence-corrected chi connectivity index (χ1v) is 12.5. The maximum Gasteiger partial charge on any atom is 0.390 e. The molecule has 0 spiro atoms. The van der Waals surface area contributed by atoms with Gasteiger partial charge in [0.1, 0.15) is 5.84 Å². The van der Waals surface area contributed by atoms with E-state index in [0.29, 0.717) is 28.7 Å². The molecule has 11 heteroatoms. The van der Waals surface area contributed by atoms with Crippen molar-refractivity contribution in [3.8, 4) is 0 Å². The van der Waals surface area contributed by atoms with Gasteiger partial charge in [-0.3, -0.25) is 15.3 Å². The quantitative estimate of drug-likeness (QED) is 0.262. The first-order chi connectivity index (χ1) is 17.5. The zero-order valence-corrected chi connectivity index (χ0v) is 21.6. The fraction of sp³-hybridized carbons (Fsp3) is 0.346. The molecule has 1 aliphatic rings. The van der Waals surface area contributed by atoms with Crippen LogP contribution in [-0.2, 0) is 6.54 Å². The molecule has 0 bridgehead atoms. The van der Waals surface area contributed by atoms with Crippen LogP contribution in [0.25, 0.3) is 0 Å². The Bertz CT molecular complexity index is 1180. The van der Waals surface area contributed by atoms with Gasteiger partial charge in [0.05, 0.1) is 19.5 Å². The molecule has 2 aromatic carbocycles. The van der Waals surface area contributed by atoms with Crippen molar-refractivity contribution in [2.24, 2.45) is 10.7 Å². The van der Waals surface area contributed by atoms with E-state index in [-0.39, 0.29) is 17.9 Å². The van der Waals surface area contributed by atoms with Crippen LogP contribution in [0.4, 0.5) is 18.0 Å². The van der Waals surface area contributed by atoms with Crippen molar-refractivity contribution in [3.63, 3.8) is 0 Å². The van der Waals surface area contributed by atoms with E-state index >= 15 is 0 Å². The minimum atomic E-state index is -4.49. The van der Waals surface area contributed by atoms with E-state index in [1.165, 1.54) is 24.3 Å². The van der Waals surface area contributed by atoms with E-state index in [9.17, 15) is 18.0 Å². The van der Waals surface area contributed by atoms with Crippen molar-refractivity contribution in [3.05, 3.63) is 81.0 Å². The number of nitrogens with zero attached hydrogens (tertiary/aromatic N) is 2. The number of benzene rings is 2. The van der Waals surface area contributed by atoms with Crippen LogP contribution >= 0.6 is 23.2 Å². The van der Waals surface area contributed by atoms with Crippen molar-refractivity contribution in [1.82, 2.24) is 10.2 Å². The summed E-state index contributed by atoms with van der Waals surface area (Å²) in [5.41, 5.74) is 9.52. The molecule has 0 saturated heterocycles. The highest BCUT2D eigenvalue weighted by atomic mass is 35.5. The van der Waals surface area contributed by atoms with Crippen LogP contribution in [-0.4, -0.2) is 41.7 Å². The molecule has 4 N–H and O–H groups in total. The summed E-state index contributed by atoms with van der Waals surface area (Å²) in [5.74, 6) is -0.371. The number of carbonyl (C=O) groups excluding carboxylic acids is 1. The van der Waals surface area contributed by atoms with Crippen molar-refractivity contribution < 1.29 is 18.0 Å². The Kier molecular flexibility index (Phi) is 10.00. The molecule has 0 radical (unpaired) electrons. The van der Waals surface area contributed by atoms with E-state index in [1.54, 1.807) is 6.07 Å². The van der Waals surface area contributed by atoms with Gasteiger partial charge in [0.25, 0.3) is 0 Å². The van der Waals surface area contributed by atoms with Crippen molar-refractivity contribution >= 4 is 40.8 Å². The number of amidine groups is 1. The van der Waals surface area contributed by atoms with Gasteiger partial charge >= 0.3 is 12.2 Å². The maximum atomic E-state index is 12.9. The highest BCUT2D eigenvalue weighted by molar-refractivity contribution is 6.31. The van der Waals surface area contributed by atoms with Crippen molar-refractivity contribution in [2.75, 3.05) is 13.1 Å². The monoisotopic (exact) mass is 553 g/mol. The number of hydrogen-bond acceptors (Lipinski definition) is 4. The van der Waals surface area contributed by atoms with Crippen LogP contribution < -0.4 is 11.1 Å². The number of aliphatic imine (C=N–C) groups is 1. The number of allylic oxidation sites excluding steroid dienone is 1. The standard InChI is InChI=1S/C26H28Cl2F3N5O/c27-19-11-9-17(10-12-19)24(33)36(14-13-26(29,30)31)25(37)35-16-22(32)20-6-2-4-8-23(20)34-15-18-5-1-3-7-21(18)28/h1,3,5,7,9-12,33H,2,4,6,8,13-16,32H2,(H,35,37)/b22-20-,33-24?,34-23?. The lowest BCUT2D eigenvalue weighted by molar-refractivity contribution is -0.135. The van der Waals surface area contributed by atoms with Gasteiger partial charge in [-0.1, -0.05) is 41.4 Å². The van der Waals surface area contributed by atoms with Crippen LogP contribution in [0, 0.1) is 5.41 Å². The molecule has 1 aliphatic carbocycles. The molecule has 1 fully saturated rings. The number of rotatable bonds is 7. The summed E-state index contributed by atoms with van der Waals surface area (Å²) >= 11 is 12.1. The predicted octanol–water partition coefficient (Wildman–Crippen LogP) is 6.71. The second-order valence-electron chi connectivity index (χ2n) is 8.60. The number of nitrogens with two attached hydrogens (primary N) is 1. The average molecular weight is 554 g/mol. The molecule has 1 saturated carbocycles. The number of amides is 2. The molecule has 37 heavy (non-hydrogen) atoms. The number of nitrogens with one attached hydrogen (secondary N) is 2. The zero-order valence-electron chi connectivity index (χ0n) is 20.0. The molecule has 2 amide bonds. The third kappa shape index (κ3) is 8.50. The Hall–Kier alpha value is -3.04. The molecule has 0 heterocycles. The van der Waals surface area contributed by atoms with Gasteiger partial charge in [-0.15, -0.1) is 0 Å². The Balaban J connectivity index is 1.74. The van der Waals surface area contributed by atoms with Crippen molar-refractivity contribution in [2.45, 2.75) is 44.8 Å². The van der Waals surface area contributed by atoms with Crippen LogP contribution in [0.3, 0.4) is 0 Å². The lowest BCUT2D eigenvalue weighted by Crippen LogP contribution is -2.46. The van der Waals surface area contributed by atoms with Crippen LogP contribution in [0.2, 0.25) is 10.0 Å². The molecular weight excluding hydrogens is 526 g/mol. The fourth-order valence-electron chi connectivity index (χ4n) is 3.91. The first-order valence-electron chi connectivity index (χ1n) is 11.8. The Morgan fingerprint density at radius 1 is 1.08 bits per heavy atom. The second kappa shape index (κ2) is 13.0. The van der Waals surface area contributed by atoms with Crippen LogP contribution in [0.1, 0.15) is 43.2 Å². The minimum absolute atomic E-state index is 0.0876. The van der Waals surface area contributed by atoms with Crippen LogP contribution in [0.15, 0.2) is 64.8 Å². The topological polar surface area (TPSA) is 94.6 Å². The van der Waals surface area contributed by atoms with E-state index in [2.05, 4.69) is 5.32 Å². The Morgan fingerprint density at radius 2 is 1.76 bits per heavy atom. The van der Waals surface area contributed by atoms with Crippen molar-refractivity contribution in [1.29, 1.82) is 5.41 Å². The summed E-state index contributed by atoms with van der Waals surface area (Å²) in [6.45, 7) is -0.408. The lowest BCUT2D eigenvalue weighted by atomic mass is 9.91. The summed E-state index contributed by atoms with van der Waals surface area (Å²) in [7, 11) is 0.